The molecule has 0 radical (unpaired) electrons. The van der Waals surface area contributed by atoms with Gasteiger partial charge in [0.1, 0.15) is 0 Å². The van der Waals surface area contributed by atoms with Gasteiger partial charge in [0, 0.05) is 38.8 Å². The molecule has 26 heavy (non-hydrogen) atoms. The molecule has 2 bridgehead atoms. The van der Waals surface area contributed by atoms with Crippen LogP contribution >= 0.6 is 12.4 Å². The molecule has 4 unspecified atom stereocenters. The van der Waals surface area contributed by atoms with Crippen molar-refractivity contribution in [1.29, 1.82) is 0 Å². The van der Waals surface area contributed by atoms with Crippen molar-refractivity contribution < 1.29 is 9.59 Å². The molecule has 0 spiro atoms. The maximum Gasteiger partial charge on any atom is 0.253 e. The summed E-state index contributed by atoms with van der Waals surface area (Å²) >= 11 is 0. The molecule has 1 aromatic carbocycles. The lowest BCUT2D eigenvalue weighted by Crippen LogP contribution is -2.46. The van der Waals surface area contributed by atoms with Gasteiger partial charge in [0.25, 0.3) is 5.91 Å². The summed E-state index contributed by atoms with van der Waals surface area (Å²) in [7, 11) is 3.48. The Balaban J connectivity index is 0.00000243. The van der Waals surface area contributed by atoms with Gasteiger partial charge in [0.2, 0.25) is 5.91 Å². The summed E-state index contributed by atoms with van der Waals surface area (Å²) in [4.78, 5) is 28.5. The first-order chi connectivity index (χ1) is 11.9. The van der Waals surface area contributed by atoms with Crippen molar-refractivity contribution in [3.63, 3.8) is 0 Å². The van der Waals surface area contributed by atoms with E-state index >= 15 is 0 Å². The fraction of sp³-hybridized carbons (Fsp3) is 0.600. The van der Waals surface area contributed by atoms with E-state index in [-0.39, 0.29) is 36.2 Å². The normalized spacial score (nSPS) is 26.3. The van der Waals surface area contributed by atoms with Gasteiger partial charge in [-0.05, 0) is 55.7 Å². The van der Waals surface area contributed by atoms with Gasteiger partial charge < -0.3 is 15.5 Å². The Kier molecular flexibility index (Phi) is 6.69. The van der Waals surface area contributed by atoms with Gasteiger partial charge in [0.15, 0.2) is 0 Å². The maximum absolute atomic E-state index is 13.0. The fourth-order valence-electron chi connectivity index (χ4n) is 4.49. The minimum Gasteiger partial charge on any atom is -0.345 e. The van der Waals surface area contributed by atoms with Crippen molar-refractivity contribution in [3.8, 4) is 0 Å². The van der Waals surface area contributed by atoms with Gasteiger partial charge in [-0.1, -0.05) is 12.1 Å². The summed E-state index contributed by atoms with van der Waals surface area (Å²) in [5, 5.41) is 0. The van der Waals surface area contributed by atoms with Crippen molar-refractivity contribution in [1.82, 2.24) is 9.80 Å². The number of nitrogens with two attached hydrogens (primary N) is 1. The zero-order valence-corrected chi connectivity index (χ0v) is 16.7. The lowest BCUT2D eigenvalue weighted by atomic mass is 9.84. The summed E-state index contributed by atoms with van der Waals surface area (Å²) in [6, 6.07) is 7.57. The van der Waals surface area contributed by atoms with Crippen LogP contribution in [0, 0.1) is 17.8 Å². The van der Waals surface area contributed by atoms with Crippen LogP contribution in [0.3, 0.4) is 0 Å². The molecule has 3 rings (SSSR count). The van der Waals surface area contributed by atoms with Crippen molar-refractivity contribution >= 4 is 24.2 Å². The average molecular weight is 380 g/mol. The number of rotatable bonds is 5. The molecule has 1 aromatic rings. The first kappa shape index (κ1) is 20.7. The molecular weight excluding hydrogens is 350 g/mol. The minimum atomic E-state index is -0.0112. The number of hydrogen-bond acceptors (Lipinski definition) is 3. The highest BCUT2D eigenvalue weighted by Gasteiger charge is 2.49. The highest BCUT2D eigenvalue weighted by Crippen LogP contribution is 2.48. The molecule has 6 heteroatoms. The number of carbonyl (C=O) groups is 2. The van der Waals surface area contributed by atoms with Gasteiger partial charge in [-0.15, -0.1) is 12.4 Å². The predicted molar refractivity (Wildman–Crippen MR) is 105 cm³/mol. The van der Waals surface area contributed by atoms with E-state index in [1.54, 1.807) is 19.0 Å². The molecule has 144 valence electrons. The second-order valence-electron chi connectivity index (χ2n) is 7.69. The monoisotopic (exact) mass is 379 g/mol. The number of fused-ring (bicyclic) bond motifs is 2. The van der Waals surface area contributed by atoms with Crippen LogP contribution in [0.25, 0.3) is 0 Å². The smallest absolute Gasteiger partial charge is 0.253 e. The third kappa shape index (κ3) is 3.89. The number of amides is 2. The van der Waals surface area contributed by atoms with Gasteiger partial charge >= 0.3 is 0 Å². The van der Waals surface area contributed by atoms with E-state index in [2.05, 4.69) is 0 Å². The van der Waals surface area contributed by atoms with Crippen molar-refractivity contribution in [2.45, 2.75) is 38.8 Å². The molecule has 0 aliphatic heterocycles. The van der Waals surface area contributed by atoms with Gasteiger partial charge in [-0.2, -0.15) is 0 Å². The standard InChI is InChI=1S/C20H29N3O2.ClH/c1-4-23(20(25)17-15-9-10-16(11-15)18(17)21)12-13-5-7-14(8-6-13)19(24)22(2)3;/h5-8,15-18H,4,9-12,21H2,1-3H3;1H. The van der Waals surface area contributed by atoms with Gasteiger partial charge in [-0.3, -0.25) is 9.59 Å². The summed E-state index contributed by atoms with van der Waals surface area (Å²) in [5.41, 5.74) is 8.05. The zero-order valence-electron chi connectivity index (χ0n) is 15.9. The molecular formula is C20H30ClN3O2. The van der Waals surface area contributed by atoms with Crippen LogP contribution in [0.4, 0.5) is 0 Å². The molecule has 0 saturated heterocycles. The Morgan fingerprint density at radius 2 is 1.73 bits per heavy atom. The lowest BCUT2D eigenvalue weighted by Gasteiger charge is -2.32. The van der Waals surface area contributed by atoms with E-state index in [1.165, 1.54) is 6.42 Å². The molecule has 4 atom stereocenters. The maximum atomic E-state index is 13.0. The Hall–Kier alpha value is -1.59. The van der Waals surface area contributed by atoms with Crippen LogP contribution in [0.15, 0.2) is 24.3 Å². The number of carbonyl (C=O) groups excluding carboxylic acids is 2. The molecule has 2 aliphatic carbocycles. The SMILES string of the molecule is CCN(Cc1ccc(C(=O)N(C)C)cc1)C(=O)C1C2CCC(C2)C1N.Cl. The molecule has 2 amide bonds. The van der Waals surface area contributed by atoms with Crippen LogP contribution in [0.2, 0.25) is 0 Å². The van der Waals surface area contributed by atoms with Crippen LogP contribution in [0.1, 0.15) is 42.1 Å². The number of hydrogen-bond donors (Lipinski definition) is 1. The minimum absolute atomic E-state index is 0. The Morgan fingerprint density at radius 1 is 1.12 bits per heavy atom. The molecule has 0 aromatic heterocycles. The molecule has 2 N–H and O–H groups in total. The molecule has 2 aliphatic rings. The summed E-state index contributed by atoms with van der Waals surface area (Å²) in [5.74, 6) is 1.20. The van der Waals surface area contributed by atoms with Crippen molar-refractivity contribution in [2.75, 3.05) is 20.6 Å². The highest BCUT2D eigenvalue weighted by molar-refractivity contribution is 5.93. The largest absolute Gasteiger partial charge is 0.345 e. The summed E-state index contributed by atoms with van der Waals surface area (Å²) in [6.45, 7) is 3.27. The fourth-order valence-corrected chi connectivity index (χ4v) is 4.49. The molecule has 5 nitrogen and oxygen atoms in total. The average Bonchev–Trinajstić information content (AvgIpc) is 3.20. The Bertz CT molecular complexity index is 645. The van der Waals surface area contributed by atoms with E-state index in [0.29, 0.717) is 30.5 Å². The van der Waals surface area contributed by atoms with E-state index in [9.17, 15) is 9.59 Å². The topological polar surface area (TPSA) is 66.6 Å². The van der Waals surface area contributed by atoms with Gasteiger partial charge in [-0.25, -0.2) is 0 Å². The van der Waals surface area contributed by atoms with E-state index < -0.39 is 0 Å². The number of benzene rings is 1. The van der Waals surface area contributed by atoms with E-state index in [1.807, 2.05) is 36.1 Å². The summed E-state index contributed by atoms with van der Waals surface area (Å²) < 4.78 is 0. The van der Waals surface area contributed by atoms with Crippen LogP contribution in [-0.4, -0.2) is 48.3 Å². The first-order valence-electron chi connectivity index (χ1n) is 9.27. The second kappa shape index (κ2) is 8.40. The van der Waals surface area contributed by atoms with E-state index in [4.69, 9.17) is 5.73 Å². The van der Waals surface area contributed by atoms with Crippen molar-refractivity contribution in [3.05, 3.63) is 35.4 Å². The third-order valence-electron chi connectivity index (χ3n) is 5.94. The second-order valence-corrected chi connectivity index (χ2v) is 7.69. The van der Waals surface area contributed by atoms with Crippen LogP contribution in [-0.2, 0) is 11.3 Å². The van der Waals surface area contributed by atoms with E-state index in [0.717, 1.165) is 18.4 Å². The quantitative estimate of drug-likeness (QED) is 0.854. The van der Waals surface area contributed by atoms with Gasteiger partial charge in [0.05, 0.1) is 5.92 Å². The molecule has 2 saturated carbocycles. The number of nitrogens with zero attached hydrogens (tertiary/aromatic N) is 2. The first-order valence-corrected chi connectivity index (χ1v) is 9.27. The molecule has 2 fully saturated rings. The third-order valence-corrected chi connectivity index (χ3v) is 5.94. The van der Waals surface area contributed by atoms with Crippen LogP contribution < -0.4 is 5.73 Å². The molecule has 0 heterocycles. The Labute approximate surface area is 162 Å². The highest BCUT2D eigenvalue weighted by atomic mass is 35.5. The predicted octanol–water partition coefficient (Wildman–Crippen LogP) is 2.53. The lowest BCUT2D eigenvalue weighted by molar-refractivity contribution is -0.138. The van der Waals surface area contributed by atoms with Crippen LogP contribution in [0.5, 0.6) is 0 Å². The number of halogens is 1. The Morgan fingerprint density at radius 3 is 2.23 bits per heavy atom. The zero-order chi connectivity index (χ0) is 18.1. The van der Waals surface area contributed by atoms with Crippen molar-refractivity contribution in [2.24, 2.45) is 23.5 Å². The summed E-state index contributed by atoms with van der Waals surface area (Å²) in [6.07, 6.45) is 3.45.